The summed E-state index contributed by atoms with van der Waals surface area (Å²) in [5.74, 6) is 0. The van der Waals surface area contributed by atoms with Crippen molar-refractivity contribution >= 4 is 17.2 Å². The van der Waals surface area contributed by atoms with Gasteiger partial charge in [0.05, 0.1) is 11.6 Å². The Kier molecular flexibility index (Phi) is 8.76. The van der Waals surface area contributed by atoms with E-state index in [1.165, 1.54) is 0 Å². The molecule has 72 valence electrons. The van der Waals surface area contributed by atoms with Gasteiger partial charge in [-0.15, -0.1) is 0 Å². The first-order valence-corrected chi connectivity index (χ1v) is 4.71. The molecule has 0 unspecified atom stereocenters. The zero-order valence-electron chi connectivity index (χ0n) is 7.85. The largest absolute Gasteiger partial charge is 0.380 e. The van der Waals surface area contributed by atoms with Crippen LogP contribution in [0.1, 0.15) is 13.8 Å². The number of nitrogens with one attached hydrogen (secondary N) is 2. The van der Waals surface area contributed by atoms with Crippen LogP contribution in [-0.4, -0.2) is 37.8 Å². The average Bonchev–Trinajstić information content (AvgIpc) is 2.02. The number of hydrogen-bond donors (Lipinski definition) is 2. The molecule has 0 aromatic carbocycles. The quantitative estimate of drug-likeness (QED) is 0.454. The zero-order chi connectivity index (χ0) is 9.23. The second-order valence-electron chi connectivity index (χ2n) is 2.43. The van der Waals surface area contributed by atoms with Gasteiger partial charge in [-0.05, 0) is 13.8 Å². The average molecular weight is 190 g/mol. The molecule has 0 aliphatic heterocycles. The second-order valence-corrected chi connectivity index (χ2v) is 3.04. The summed E-state index contributed by atoms with van der Waals surface area (Å²) < 4.78 is 5.15. The van der Waals surface area contributed by atoms with Crippen molar-refractivity contribution in [2.75, 3.05) is 32.8 Å². The standard InChI is InChI=1S/C8H18N2OS/c1-3-11-7-6-9-4-5-10-8(2)12/h9H,3-7H2,1-2H3,(H,10,12). The Morgan fingerprint density at radius 2 is 2.08 bits per heavy atom. The molecule has 0 heterocycles. The van der Waals surface area contributed by atoms with Crippen LogP contribution in [0.2, 0.25) is 0 Å². The molecule has 0 rings (SSSR count). The van der Waals surface area contributed by atoms with Crippen LogP contribution >= 0.6 is 12.2 Å². The van der Waals surface area contributed by atoms with Gasteiger partial charge in [0.2, 0.25) is 0 Å². The fourth-order valence-corrected chi connectivity index (χ4v) is 0.843. The third-order valence-electron chi connectivity index (χ3n) is 1.30. The van der Waals surface area contributed by atoms with Gasteiger partial charge < -0.3 is 15.4 Å². The van der Waals surface area contributed by atoms with Crippen LogP contribution in [0.4, 0.5) is 0 Å². The summed E-state index contributed by atoms with van der Waals surface area (Å²) in [5, 5.41) is 6.29. The molecule has 0 saturated carbocycles. The van der Waals surface area contributed by atoms with E-state index in [-0.39, 0.29) is 0 Å². The van der Waals surface area contributed by atoms with E-state index in [1.807, 2.05) is 13.8 Å². The lowest BCUT2D eigenvalue weighted by Crippen LogP contribution is -2.31. The van der Waals surface area contributed by atoms with Gasteiger partial charge in [-0.3, -0.25) is 0 Å². The maximum absolute atomic E-state index is 5.15. The maximum Gasteiger partial charge on any atom is 0.0722 e. The summed E-state index contributed by atoms with van der Waals surface area (Å²) in [6, 6.07) is 0. The zero-order valence-corrected chi connectivity index (χ0v) is 8.67. The number of hydrogen-bond acceptors (Lipinski definition) is 3. The van der Waals surface area contributed by atoms with Gasteiger partial charge >= 0.3 is 0 Å². The molecular weight excluding hydrogens is 172 g/mol. The van der Waals surface area contributed by atoms with Gasteiger partial charge in [0.1, 0.15) is 0 Å². The highest BCUT2D eigenvalue weighted by Gasteiger charge is 1.87. The summed E-state index contributed by atoms with van der Waals surface area (Å²) in [7, 11) is 0. The third-order valence-corrected chi connectivity index (χ3v) is 1.45. The molecule has 2 N–H and O–H groups in total. The van der Waals surface area contributed by atoms with Crippen molar-refractivity contribution in [3.63, 3.8) is 0 Å². The molecule has 12 heavy (non-hydrogen) atoms. The first kappa shape index (κ1) is 11.8. The smallest absolute Gasteiger partial charge is 0.0722 e. The molecule has 0 atom stereocenters. The van der Waals surface area contributed by atoms with Crippen molar-refractivity contribution in [3.8, 4) is 0 Å². The minimum absolute atomic E-state index is 0.785. The maximum atomic E-state index is 5.15. The van der Waals surface area contributed by atoms with Crippen molar-refractivity contribution in [3.05, 3.63) is 0 Å². The van der Waals surface area contributed by atoms with Crippen molar-refractivity contribution in [1.82, 2.24) is 10.6 Å². The predicted molar refractivity (Wildman–Crippen MR) is 55.6 cm³/mol. The molecule has 0 fully saturated rings. The molecule has 0 aliphatic rings. The van der Waals surface area contributed by atoms with Crippen LogP contribution in [0.3, 0.4) is 0 Å². The Morgan fingerprint density at radius 3 is 2.67 bits per heavy atom. The molecule has 0 aromatic rings. The summed E-state index contributed by atoms with van der Waals surface area (Å²) in [4.78, 5) is 0.849. The Bertz CT molecular complexity index is 120. The van der Waals surface area contributed by atoms with Crippen LogP contribution < -0.4 is 10.6 Å². The molecule has 0 aromatic heterocycles. The monoisotopic (exact) mass is 190 g/mol. The highest BCUT2D eigenvalue weighted by molar-refractivity contribution is 7.80. The Hall–Kier alpha value is -0.190. The molecular formula is C8H18N2OS. The van der Waals surface area contributed by atoms with Gasteiger partial charge in [-0.1, -0.05) is 12.2 Å². The number of ether oxygens (including phenoxy) is 1. The van der Waals surface area contributed by atoms with E-state index in [4.69, 9.17) is 17.0 Å². The molecule has 4 heteroatoms. The van der Waals surface area contributed by atoms with Gasteiger partial charge in [0, 0.05) is 26.2 Å². The predicted octanol–water partition coefficient (Wildman–Crippen LogP) is 0.549. The first-order valence-electron chi connectivity index (χ1n) is 4.30. The Balaban J connectivity index is 2.86. The van der Waals surface area contributed by atoms with Gasteiger partial charge in [-0.25, -0.2) is 0 Å². The Labute approximate surface area is 79.9 Å². The number of thiocarbonyl (C=S) groups is 1. The van der Waals surface area contributed by atoms with Crippen LogP contribution in [0.15, 0.2) is 0 Å². The highest BCUT2D eigenvalue weighted by Crippen LogP contribution is 1.70. The van der Waals surface area contributed by atoms with Gasteiger partial charge in [0.25, 0.3) is 0 Å². The lowest BCUT2D eigenvalue weighted by molar-refractivity contribution is 0.149. The molecule has 3 nitrogen and oxygen atoms in total. The van der Waals surface area contributed by atoms with E-state index in [0.717, 1.165) is 37.8 Å². The molecule has 0 bridgehead atoms. The second kappa shape index (κ2) is 8.90. The molecule has 0 saturated heterocycles. The summed E-state index contributed by atoms with van der Waals surface area (Å²) in [5.41, 5.74) is 0. The normalized spacial score (nSPS) is 9.83. The first-order chi connectivity index (χ1) is 5.77. The van der Waals surface area contributed by atoms with Crippen molar-refractivity contribution < 1.29 is 4.74 Å². The van der Waals surface area contributed by atoms with Crippen LogP contribution in [-0.2, 0) is 4.74 Å². The van der Waals surface area contributed by atoms with Crippen LogP contribution in [0.5, 0.6) is 0 Å². The fraction of sp³-hybridized carbons (Fsp3) is 0.875. The van der Waals surface area contributed by atoms with Crippen molar-refractivity contribution in [2.24, 2.45) is 0 Å². The molecule has 0 aliphatic carbocycles. The van der Waals surface area contributed by atoms with Crippen LogP contribution in [0, 0.1) is 0 Å². The highest BCUT2D eigenvalue weighted by atomic mass is 32.1. The Morgan fingerprint density at radius 1 is 1.33 bits per heavy atom. The molecule has 0 radical (unpaired) electrons. The minimum Gasteiger partial charge on any atom is -0.380 e. The van der Waals surface area contributed by atoms with E-state index in [9.17, 15) is 0 Å². The lowest BCUT2D eigenvalue weighted by Gasteiger charge is -2.05. The topological polar surface area (TPSA) is 33.3 Å². The van der Waals surface area contributed by atoms with E-state index in [1.54, 1.807) is 0 Å². The SMILES string of the molecule is CCOCCNCCNC(C)=S. The van der Waals surface area contributed by atoms with E-state index in [2.05, 4.69) is 10.6 Å². The number of rotatable bonds is 7. The van der Waals surface area contributed by atoms with E-state index in [0.29, 0.717) is 0 Å². The van der Waals surface area contributed by atoms with Crippen LogP contribution in [0.25, 0.3) is 0 Å². The van der Waals surface area contributed by atoms with Crippen molar-refractivity contribution in [2.45, 2.75) is 13.8 Å². The lowest BCUT2D eigenvalue weighted by atomic mass is 10.5. The van der Waals surface area contributed by atoms with Crippen molar-refractivity contribution in [1.29, 1.82) is 0 Å². The molecule has 0 spiro atoms. The molecule has 0 amide bonds. The summed E-state index contributed by atoms with van der Waals surface area (Å²) >= 11 is 4.85. The summed E-state index contributed by atoms with van der Waals surface area (Å²) in [6.45, 7) is 8.19. The van der Waals surface area contributed by atoms with E-state index >= 15 is 0 Å². The van der Waals surface area contributed by atoms with Gasteiger partial charge in [0.15, 0.2) is 0 Å². The van der Waals surface area contributed by atoms with Gasteiger partial charge in [-0.2, -0.15) is 0 Å². The minimum atomic E-state index is 0.785. The fourth-order valence-electron chi connectivity index (χ4n) is 0.741. The van der Waals surface area contributed by atoms with E-state index < -0.39 is 0 Å². The third kappa shape index (κ3) is 9.81. The summed E-state index contributed by atoms with van der Waals surface area (Å²) in [6.07, 6.45) is 0.